The molecule has 3 N–H and O–H groups in total. The molecule has 0 bridgehead atoms. The molecule has 0 atom stereocenters. The molecule has 120 valence electrons. The predicted octanol–water partition coefficient (Wildman–Crippen LogP) is 1.64. The summed E-state index contributed by atoms with van der Waals surface area (Å²) in [5.74, 6) is 0.300. The molecule has 0 heterocycles. The van der Waals surface area contributed by atoms with E-state index in [9.17, 15) is 9.59 Å². The van der Waals surface area contributed by atoms with Crippen LogP contribution in [0, 0.1) is 0 Å². The molecular formula is C16H22N2O4. The number of likely N-dealkylation sites (N-methyl/N-ethyl adjacent to an activating group) is 1. The van der Waals surface area contributed by atoms with Crippen LogP contribution in [0.2, 0.25) is 0 Å². The van der Waals surface area contributed by atoms with E-state index in [1.54, 1.807) is 19.2 Å². The topological polar surface area (TPSA) is 90.7 Å². The number of nitrogens with one attached hydrogen (secondary N) is 1. The Morgan fingerprint density at radius 1 is 1.27 bits per heavy atom. The van der Waals surface area contributed by atoms with Gasteiger partial charge in [-0.25, -0.2) is 0 Å². The standard InChI is InChI=1S/C16H22N2O4/c1-10(2)22-15-7-12(16(17)20)6-14(8-15)21-9-13(18-4)5-11(3)19/h5-8,10,18H,9H2,1-4H3,(H2,17,20). The van der Waals surface area contributed by atoms with Gasteiger partial charge in [-0.2, -0.15) is 0 Å². The van der Waals surface area contributed by atoms with Crippen molar-refractivity contribution in [1.82, 2.24) is 5.32 Å². The number of rotatable bonds is 8. The second kappa shape index (κ2) is 8.07. The Morgan fingerprint density at radius 2 is 1.91 bits per heavy atom. The average molecular weight is 306 g/mol. The van der Waals surface area contributed by atoms with Gasteiger partial charge in [0.25, 0.3) is 0 Å². The molecule has 0 saturated carbocycles. The molecule has 0 aliphatic heterocycles. The van der Waals surface area contributed by atoms with Crippen molar-refractivity contribution < 1.29 is 19.1 Å². The molecule has 0 radical (unpaired) electrons. The Bertz CT molecular complexity index is 580. The number of carbonyl (C=O) groups excluding carboxylic acids is 2. The van der Waals surface area contributed by atoms with E-state index in [0.29, 0.717) is 22.8 Å². The number of amides is 1. The van der Waals surface area contributed by atoms with E-state index in [-0.39, 0.29) is 18.5 Å². The molecule has 1 rings (SSSR count). The van der Waals surface area contributed by atoms with Gasteiger partial charge in [0.1, 0.15) is 18.1 Å². The lowest BCUT2D eigenvalue weighted by atomic mass is 10.2. The zero-order valence-electron chi connectivity index (χ0n) is 13.3. The highest BCUT2D eigenvalue weighted by Crippen LogP contribution is 2.24. The Hall–Kier alpha value is -2.50. The van der Waals surface area contributed by atoms with Crippen LogP contribution in [-0.4, -0.2) is 31.4 Å². The maximum absolute atomic E-state index is 11.4. The van der Waals surface area contributed by atoms with Crippen LogP contribution in [-0.2, 0) is 4.79 Å². The van der Waals surface area contributed by atoms with Crippen LogP contribution >= 0.6 is 0 Å². The highest BCUT2D eigenvalue weighted by Gasteiger charge is 2.09. The first kappa shape index (κ1) is 17.6. The number of hydrogen-bond donors (Lipinski definition) is 2. The number of carbonyl (C=O) groups is 2. The van der Waals surface area contributed by atoms with Crippen LogP contribution in [0.5, 0.6) is 11.5 Å². The molecular weight excluding hydrogens is 284 g/mol. The molecule has 22 heavy (non-hydrogen) atoms. The quantitative estimate of drug-likeness (QED) is 0.713. The third-order valence-corrected chi connectivity index (χ3v) is 2.63. The molecule has 0 spiro atoms. The minimum Gasteiger partial charge on any atom is -0.491 e. The van der Waals surface area contributed by atoms with Gasteiger partial charge in [0.05, 0.1) is 11.8 Å². The van der Waals surface area contributed by atoms with Crippen molar-refractivity contribution in [2.24, 2.45) is 5.73 Å². The van der Waals surface area contributed by atoms with Crippen LogP contribution in [0.15, 0.2) is 30.0 Å². The highest BCUT2D eigenvalue weighted by molar-refractivity contribution is 5.93. The Kier molecular flexibility index (Phi) is 6.44. The lowest BCUT2D eigenvalue weighted by molar-refractivity contribution is -0.112. The van der Waals surface area contributed by atoms with Gasteiger partial charge in [-0.1, -0.05) is 0 Å². The Labute approximate surface area is 130 Å². The highest BCUT2D eigenvalue weighted by atomic mass is 16.5. The maximum atomic E-state index is 11.4. The summed E-state index contributed by atoms with van der Waals surface area (Å²) in [7, 11) is 1.70. The van der Waals surface area contributed by atoms with E-state index in [1.165, 1.54) is 19.1 Å². The van der Waals surface area contributed by atoms with Crippen LogP contribution < -0.4 is 20.5 Å². The number of hydrogen-bond acceptors (Lipinski definition) is 5. The number of ether oxygens (including phenoxy) is 2. The first-order valence-corrected chi connectivity index (χ1v) is 6.95. The minimum atomic E-state index is -0.563. The molecule has 1 aromatic carbocycles. The van der Waals surface area contributed by atoms with E-state index < -0.39 is 5.91 Å². The molecule has 0 aliphatic rings. The third kappa shape index (κ3) is 5.87. The van der Waals surface area contributed by atoms with Gasteiger partial charge in [-0.05, 0) is 32.9 Å². The van der Waals surface area contributed by atoms with Crippen molar-refractivity contribution in [2.45, 2.75) is 26.9 Å². The van der Waals surface area contributed by atoms with Gasteiger partial charge in [0, 0.05) is 24.8 Å². The summed E-state index contributed by atoms with van der Waals surface area (Å²) in [6, 6.07) is 4.78. The van der Waals surface area contributed by atoms with Crippen LogP contribution in [0.1, 0.15) is 31.1 Å². The first-order valence-electron chi connectivity index (χ1n) is 6.95. The summed E-state index contributed by atoms with van der Waals surface area (Å²) in [6.07, 6.45) is 1.41. The summed E-state index contributed by atoms with van der Waals surface area (Å²) in [4.78, 5) is 22.5. The van der Waals surface area contributed by atoms with Gasteiger partial charge in [0.15, 0.2) is 5.78 Å². The SMILES string of the molecule is CNC(=CC(C)=O)COc1cc(OC(C)C)cc(C(N)=O)c1. The number of primary amides is 1. The van der Waals surface area contributed by atoms with Gasteiger partial charge in [0.2, 0.25) is 5.91 Å². The van der Waals surface area contributed by atoms with Crippen LogP contribution in [0.25, 0.3) is 0 Å². The van der Waals surface area contributed by atoms with Gasteiger partial charge in [-0.3, -0.25) is 9.59 Å². The lowest BCUT2D eigenvalue weighted by Crippen LogP contribution is -2.16. The van der Waals surface area contributed by atoms with Crippen molar-refractivity contribution in [2.75, 3.05) is 13.7 Å². The first-order chi connectivity index (χ1) is 10.3. The van der Waals surface area contributed by atoms with Crippen molar-refractivity contribution in [1.29, 1.82) is 0 Å². The fourth-order valence-corrected chi connectivity index (χ4v) is 1.73. The predicted molar refractivity (Wildman–Crippen MR) is 84.0 cm³/mol. The molecule has 1 amide bonds. The molecule has 0 aromatic heterocycles. The van der Waals surface area contributed by atoms with E-state index in [0.717, 1.165) is 0 Å². The normalized spacial score (nSPS) is 11.2. The lowest BCUT2D eigenvalue weighted by Gasteiger charge is -2.14. The van der Waals surface area contributed by atoms with Gasteiger partial charge >= 0.3 is 0 Å². The smallest absolute Gasteiger partial charge is 0.248 e. The van der Waals surface area contributed by atoms with Crippen molar-refractivity contribution >= 4 is 11.7 Å². The Morgan fingerprint density at radius 3 is 2.41 bits per heavy atom. The maximum Gasteiger partial charge on any atom is 0.248 e. The second-order valence-electron chi connectivity index (χ2n) is 5.04. The summed E-state index contributed by atoms with van der Waals surface area (Å²) in [5, 5.41) is 2.88. The number of benzene rings is 1. The molecule has 6 nitrogen and oxygen atoms in total. The van der Waals surface area contributed by atoms with Crippen molar-refractivity contribution in [3.05, 3.63) is 35.5 Å². The Balaban J connectivity index is 2.95. The molecule has 0 saturated heterocycles. The second-order valence-corrected chi connectivity index (χ2v) is 5.04. The fraction of sp³-hybridized carbons (Fsp3) is 0.375. The molecule has 0 fully saturated rings. The number of nitrogens with two attached hydrogens (primary N) is 1. The summed E-state index contributed by atoms with van der Waals surface area (Å²) in [6.45, 7) is 5.39. The van der Waals surface area contributed by atoms with Crippen molar-refractivity contribution in [3.63, 3.8) is 0 Å². The van der Waals surface area contributed by atoms with E-state index in [2.05, 4.69) is 5.32 Å². The largest absolute Gasteiger partial charge is 0.491 e. The van der Waals surface area contributed by atoms with E-state index in [1.807, 2.05) is 13.8 Å². The monoisotopic (exact) mass is 306 g/mol. The summed E-state index contributed by atoms with van der Waals surface area (Å²) in [5.41, 5.74) is 6.24. The number of ketones is 1. The fourth-order valence-electron chi connectivity index (χ4n) is 1.73. The number of allylic oxidation sites excluding steroid dienone is 1. The van der Waals surface area contributed by atoms with Crippen LogP contribution in [0.3, 0.4) is 0 Å². The molecule has 0 unspecified atom stereocenters. The zero-order chi connectivity index (χ0) is 16.7. The van der Waals surface area contributed by atoms with E-state index >= 15 is 0 Å². The zero-order valence-corrected chi connectivity index (χ0v) is 13.3. The van der Waals surface area contributed by atoms with E-state index in [4.69, 9.17) is 15.2 Å². The molecule has 6 heteroatoms. The van der Waals surface area contributed by atoms with Gasteiger partial charge in [-0.15, -0.1) is 0 Å². The van der Waals surface area contributed by atoms with Crippen molar-refractivity contribution in [3.8, 4) is 11.5 Å². The molecule has 1 aromatic rings. The summed E-state index contributed by atoms with van der Waals surface area (Å²) >= 11 is 0. The average Bonchev–Trinajstić information content (AvgIpc) is 2.42. The minimum absolute atomic E-state index is 0.0403. The summed E-state index contributed by atoms with van der Waals surface area (Å²) < 4.78 is 11.2. The molecule has 0 aliphatic carbocycles. The third-order valence-electron chi connectivity index (χ3n) is 2.63. The van der Waals surface area contributed by atoms with Gasteiger partial charge < -0.3 is 20.5 Å². The van der Waals surface area contributed by atoms with Crippen LogP contribution in [0.4, 0.5) is 0 Å².